The zero-order chi connectivity index (χ0) is 14.0. The van der Waals surface area contributed by atoms with Gasteiger partial charge in [0.2, 0.25) is 0 Å². The highest BCUT2D eigenvalue weighted by atomic mass is 32.2. The maximum absolute atomic E-state index is 13.1. The van der Waals surface area contributed by atoms with Crippen molar-refractivity contribution < 1.29 is 12.8 Å². The molecule has 100 valence electrons. The Hall–Kier alpha value is -2.15. The molecule has 0 unspecified atom stereocenters. The van der Waals surface area contributed by atoms with E-state index in [9.17, 15) is 12.8 Å². The van der Waals surface area contributed by atoms with Crippen LogP contribution in [-0.2, 0) is 10.0 Å². The molecule has 0 spiro atoms. The standard InChI is InChI=1S/C12H12FN3O2S/c1-8-4-5-9(13)7-11(8)16-19(17,18)12-10(14)3-2-6-15-12/h2-7,16H,14H2,1H3. The molecule has 0 aliphatic rings. The van der Waals surface area contributed by atoms with Gasteiger partial charge in [0.25, 0.3) is 10.0 Å². The minimum absolute atomic E-state index is 0.0315. The lowest BCUT2D eigenvalue weighted by Gasteiger charge is -2.11. The second-order valence-corrected chi connectivity index (χ2v) is 5.56. The fourth-order valence-electron chi connectivity index (χ4n) is 1.53. The van der Waals surface area contributed by atoms with Crippen LogP contribution in [0, 0.1) is 12.7 Å². The van der Waals surface area contributed by atoms with E-state index < -0.39 is 15.8 Å². The first-order valence-corrected chi connectivity index (χ1v) is 6.88. The van der Waals surface area contributed by atoms with Crippen molar-refractivity contribution in [2.45, 2.75) is 11.9 Å². The van der Waals surface area contributed by atoms with Gasteiger partial charge in [-0.05, 0) is 36.8 Å². The van der Waals surface area contributed by atoms with E-state index in [4.69, 9.17) is 5.73 Å². The van der Waals surface area contributed by atoms with Gasteiger partial charge in [-0.15, -0.1) is 0 Å². The summed E-state index contributed by atoms with van der Waals surface area (Å²) in [6.07, 6.45) is 1.32. The highest BCUT2D eigenvalue weighted by Crippen LogP contribution is 2.22. The number of nitrogens with zero attached hydrogens (tertiary/aromatic N) is 1. The number of aromatic nitrogens is 1. The van der Waals surface area contributed by atoms with Crippen LogP contribution >= 0.6 is 0 Å². The molecule has 1 aromatic carbocycles. The molecule has 0 saturated heterocycles. The predicted octanol–water partition coefficient (Wildman–Crippen LogP) is 1.91. The van der Waals surface area contributed by atoms with Crippen molar-refractivity contribution in [2.75, 3.05) is 10.5 Å². The largest absolute Gasteiger partial charge is 0.396 e. The highest BCUT2D eigenvalue weighted by Gasteiger charge is 2.19. The van der Waals surface area contributed by atoms with E-state index in [0.29, 0.717) is 5.56 Å². The van der Waals surface area contributed by atoms with Gasteiger partial charge in [-0.2, -0.15) is 8.42 Å². The number of hydrogen-bond acceptors (Lipinski definition) is 4. The summed E-state index contributed by atoms with van der Waals surface area (Å²) in [7, 11) is -3.94. The van der Waals surface area contributed by atoms with Crippen LogP contribution in [0.25, 0.3) is 0 Å². The molecule has 2 rings (SSSR count). The summed E-state index contributed by atoms with van der Waals surface area (Å²) in [6.45, 7) is 1.67. The van der Waals surface area contributed by atoms with E-state index in [2.05, 4.69) is 9.71 Å². The Morgan fingerprint density at radius 1 is 1.32 bits per heavy atom. The average molecular weight is 281 g/mol. The van der Waals surface area contributed by atoms with Gasteiger partial charge < -0.3 is 5.73 Å². The molecule has 19 heavy (non-hydrogen) atoms. The number of nitrogens with one attached hydrogen (secondary N) is 1. The molecule has 0 atom stereocenters. The van der Waals surface area contributed by atoms with Crippen molar-refractivity contribution in [3.05, 3.63) is 47.9 Å². The van der Waals surface area contributed by atoms with Crippen molar-refractivity contribution >= 4 is 21.4 Å². The van der Waals surface area contributed by atoms with E-state index in [-0.39, 0.29) is 16.4 Å². The van der Waals surface area contributed by atoms with Gasteiger partial charge >= 0.3 is 0 Å². The number of pyridine rings is 1. The third kappa shape index (κ3) is 2.82. The normalized spacial score (nSPS) is 11.3. The molecule has 2 aromatic rings. The van der Waals surface area contributed by atoms with Crippen LogP contribution in [0.1, 0.15) is 5.56 Å². The van der Waals surface area contributed by atoms with Crippen LogP contribution in [0.4, 0.5) is 15.8 Å². The van der Waals surface area contributed by atoms with E-state index in [1.807, 2.05) is 0 Å². The maximum atomic E-state index is 13.1. The number of sulfonamides is 1. The lowest BCUT2D eigenvalue weighted by atomic mass is 10.2. The molecule has 1 aromatic heterocycles. The minimum Gasteiger partial charge on any atom is -0.396 e. The zero-order valence-corrected chi connectivity index (χ0v) is 10.9. The quantitative estimate of drug-likeness (QED) is 0.900. The Morgan fingerprint density at radius 3 is 2.74 bits per heavy atom. The summed E-state index contributed by atoms with van der Waals surface area (Å²) in [5.41, 5.74) is 6.36. The molecule has 0 radical (unpaired) electrons. The Labute approximate surface area is 110 Å². The number of hydrogen-bond donors (Lipinski definition) is 2. The summed E-state index contributed by atoms with van der Waals surface area (Å²) in [5.74, 6) is -0.530. The van der Waals surface area contributed by atoms with Gasteiger partial charge in [-0.1, -0.05) is 6.07 Å². The van der Waals surface area contributed by atoms with Gasteiger partial charge in [0.05, 0.1) is 11.4 Å². The third-order valence-corrected chi connectivity index (χ3v) is 3.84. The number of nitrogen functional groups attached to an aromatic ring is 1. The molecular weight excluding hydrogens is 269 g/mol. The second kappa shape index (κ2) is 4.85. The van der Waals surface area contributed by atoms with Crippen LogP contribution in [0.15, 0.2) is 41.6 Å². The summed E-state index contributed by atoms with van der Waals surface area (Å²) in [4.78, 5) is 3.73. The lowest BCUT2D eigenvalue weighted by Crippen LogP contribution is -2.17. The Kier molecular flexibility index (Phi) is 3.39. The van der Waals surface area contributed by atoms with Crippen LogP contribution in [0.2, 0.25) is 0 Å². The van der Waals surface area contributed by atoms with Crippen molar-refractivity contribution in [2.24, 2.45) is 0 Å². The summed E-state index contributed by atoms with van der Waals surface area (Å²) in [6, 6.07) is 6.80. The number of halogens is 1. The molecule has 0 aliphatic carbocycles. The Morgan fingerprint density at radius 2 is 2.05 bits per heavy atom. The monoisotopic (exact) mass is 281 g/mol. The molecule has 0 aliphatic heterocycles. The van der Waals surface area contributed by atoms with Gasteiger partial charge in [0.1, 0.15) is 5.82 Å². The average Bonchev–Trinajstić information content (AvgIpc) is 2.34. The first-order valence-electron chi connectivity index (χ1n) is 5.39. The first kappa shape index (κ1) is 13.3. The molecule has 7 heteroatoms. The van der Waals surface area contributed by atoms with Crippen molar-refractivity contribution in [1.29, 1.82) is 0 Å². The summed E-state index contributed by atoms with van der Waals surface area (Å²) in [5, 5.41) is -0.279. The van der Waals surface area contributed by atoms with Gasteiger partial charge in [0.15, 0.2) is 5.03 Å². The molecule has 3 N–H and O–H groups in total. The SMILES string of the molecule is Cc1ccc(F)cc1NS(=O)(=O)c1ncccc1N. The fourth-order valence-corrected chi connectivity index (χ4v) is 2.71. The Balaban J connectivity index is 2.43. The molecule has 0 amide bonds. The first-order chi connectivity index (χ1) is 8.90. The molecule has 0 fully saturated rings. The van der Waals surface area contributed by atoms with E-state index in [0.717, 1.165) is 6.07 Å². The summed E-state index contributed by atoms with van der Waals surface area (Å²) >= 11 is 0. The van der Waals surface area contributed by atoms with Crippen LogP contribution in [0.5, 0.6) is 0 Å². The number of benzene rings is 1. The number of nitrogens with two attached hydrogens (primary N) is 1. The topological polar surface area (TPSA) is 85.1 Å². The van der Waals surface area contributed by atoms with Crippen molar-refractivity contribution in [3.8, 4) is 0 Å². The number of rotatable bonds is 3. The lowest BCUT2D eigenvalue weighted by molar-refractivity contribution is 0.598. The number of anilines is 2. The van der Waals surface area contributed by atoms with E-state index in [1.54, 1.807) is 6.92 Å². The second-order valence-electron chi connectivity index (χ2n) is 3.96. The molecule has 0 bridgehead atoms. The van der Waals surface area contributed by atoms with Gasteiger partial charge in [-0.25, -0.2) is 9.37 Å². The van der Waals surface area contributed by atoms with Crippen LogP contribution in [0.3, 0.4) is 0 Å². The smallest absolute Gasteiger partial charge is 0.281 e. The maximum Gasteiger partial charge on any atom is 0.281 e. The van der Waals surface area contributed by atoms with Gasteiger partial charge in [-0.3, -0.25) is 4.72 Å². The van der Waals surface area contributed by atoms with Crippen LogP contribution in [-0.4, -0.2) is 13.4 Å². The molecule has 0 saturated carbocycles. The molecule has 1 heterocycles. The minimum atomic E-state index is -3.94. The number of aryl methyl sites for hydroxylation is 1. The van der Waals surface area contributed by atoms with Crippen molar-refractivity contribution in [1.82, 2.24) is 4.98 Å². The predicted molar refractivity (Wildman–Crippen MR) is 70.6 cm³/mol. The highest BCUT2D eigenvalue weighted by molar-refractivity contribution is 7.92. The van der Waals surface area contributed by atoms with Gasteiger partial charge in [0, 0.05) is 6.20 Å². The summed E-state index contributed by atoms with van der Waals surface area (Å²) < 4.78 is 39.6. The van der Waals surface area contributed by atoms with Crippen molar-refractivity contribution in [3.63, 3.8) is 0 Å². The van der Waals surface area contributed by atoms with E-state index in [1.165, 1.54) is 30.5 Å². The molecular formula is C12H12FN3O2S. The van der Waals surface area contributed by atoms with E-state index >= 15 is 0 Å². The third-order valence-electron chi connectivity index (χ3n) is 2.50. The Bertz CT molecular complexity index is 717. The van der Waals surface area contributed by atoms with Crippen LogP contribution < -0.4 is 10.5 Å². The molecule has 5 nitrogen and oxygen atoms in total. The fraction of sp³-hybridized carbons (Fsp3) is 0.0833. The zero-order valence-electron chi connectivity index (χ0n) is 10.1.